The van der Waals surface area contributed by atoms with E-state index in [0.29, 0.717) is 12.1 Å². The van der Waals surface area contributed by atoms with Crippen LogP contribution >= 0.6 is 0 Å². The summed E-state index contributed by atoms with van der Waals surface area (Å²) in [7, 11) is 0. The van der Waals surface area contributed by atoms with Gasteiger partial charge in [0, 0.05) is 23.2 Å². The molecule has 166 valence electrons. The number of aromatic nitrogens is 1. The van der Waals surface area contributed by atoms with E-state index >= 15 is 0 Å². The van der Waals surface area contributed by atoms with Crippen LogP contribution in [0.3, 0.4) is 0 Å². The summed E-state index contributed by atoms with van der Waals surface area (Å²) >= 11 is 0. The molecule has 0 fully saturated rings. The van der Waals surface area contributed by atoms with E-state index in [1.807, 2.05) is 67.6 Å². The molecular weight excluding hydrogens is 410 g/mol. The number of urea groups is 1. The predicted octanol–water partition coefficient (Wildman–Crippen LogP) is 5.96. The highest BCUT2D eigenvalue weighted by Gasteiger charge is 2.10. The second-order valence-corrected chi connectivity index (χ2v) is 7.84. The fraction of sp³-hybridized carbons (Fsp3) is 0.143. The zero-order chi connectivity index (χ0) is 23.0. The van der Waals surface area contributed by atoms with Crippen molar-refractivity contribution in [3.63, 3.8) is 0 Å². The van der Waals surface area contributed by atoms with Crippen LogP contribution in [0.2, 0.25) is 0 Å². The molecule has 0 aliphatic heterocycles. The average Bonchev–Trinajstić information content (AvgIpc) is 2.86. The van der Waals surface area contributed by atoms with Gasteiger partial charge in [0.2, 0.25) is 0 Å². The van der Waals surface area contributed by atoms with Crippen molar-refractivity contribution in [1.29, 1.82) is 0 Å². The number of pyridine rings is 1. The van der Waals surface area contributed by atoms with E-state index in [1.54, 1.807) is 0 Å². The van der Waals surface area contributed by atoms with Crippen molar-refractivity contribution in [2.75, 3.05) is 11.9 Å². The van der Waals surface area contributed by atoms with Gasteiger partial charge in [0.15, 0.2) is 0 Å². The summed E-state index contributed by atoms with van der Waals surface area (Å²) < 4.78 is 0. The summed E-state index contributed by atoms with van der Waals surface area (Å²) in [6, 6.07) is 27.7. The summed E-state index contributed by atoms with van der Waals surface area (Å²) in [5, 5.41) is 16.1. The predicted molar refractivity (Wildman–Crippen MR) is 136 cm³/mol. The Morgan fingerprint density at radius 3 is 2.42 bits per heavy atom. The molecule has 3 aromatic carbocycles. The normalized spacial score (nSPS) is 12.1. The SMILES string of the molecule is CCC(O)CNC(=O)Nc1ccc2nc(C=Cc3ccccc3)c(-c3ccccc3)cc2c1. The number of benzene rings is 3. The number of aliphatic hydroxyl groups is 1. The van der Waals surface area contributed by atoms with E-state index < -0.39 is 6.10 Å². The number of aliphatic hydroxyl groups excluding tert-OH is 1. The lowest BCUT2D eigenvalue weighted by atomic mass is 10.0. The number of nitrogens with zero attached hydrogens (tertiary/aromatic N) is 1. The first-order chi connectivity index (χ1) is 16.1. The van der Waals surface area contributed by atoms with Crippen molar-refractivity contribution in [1.82, 2.24) is 10.3 Å². The van der Waals surface area contributed by atoms with Gasteiger partial charge in [-0.05, 0) is 47.9 Å². The Morgan fingerprint density at radius 1 is 0.970 bits per heavy atom. The zero-order valence-electron chi connectivity index (χ0n) is 18.5. The summed E-state index contributed by atoms with van der Waals surface area (Å²) in [6.45, 7) is 2.08. The van der Waals surface area contributed by atoms with E-state index in [4.69, 9.17) is 4.98 Å². The molecule has 0 radical (unpaired) electrons. The highest BCUT2D eigenvalue weighted by molar-refractivity contribution is 5.95. The van der Waals surface area contributed by atoms with Gasteiger partial charge in [-0.2, -0.15) is 0 Å². The minimum atomic E-state index is -0.549. The van der Waals surface area contributed by atoms with Crippen LogP contribution in [0, 0.1) is 0 Å². The van der Waals surface area contributed by atoms with Gasteiger partial charge in [-0.1, -0.05) is 73.7 Å². The monoisotopic (exact) mass is 437 g/mol. The Morgan fingerprint density at radius 2 is 1.70 bits per heavy atom. The Labute approximate surface area is 193 Å². The van der Waals surface area contributed by atoms with Crippen LogP contribution in [-0.4, -0.2) is 28.8 Å². The summed E-state index contributed by atoms with van der Waals surface area (Å²) in [5.41, 5.74) is 5.59. The van der Waals surface area contributed by atoms with Crippen LogP contribution in [0.25, 0.3) is 34.2 Å². The Kier molecular flexibility index (Phi) is 7.12. The van der Waals surface area contributed by atoms with Gasteiger partial charge < -0.3 is 15.7 Å². The zero-order valence-corrected chi connectivity index (χ0v) is 18.5. The maximum atomic E-state index is 12.2. The molecular formula is C28H27N3O2. The molecule has 0 saturated heterocycles. The molecule has 0 aliphatic rings. The minimum Gasteiger partial charge on any atom is -0.391 e. The average molecular weight is 438 g/mol. The van der Waals surface area contributed by atoms with Crippen molar-refractivity contribution in [3.8, 4) is 11.1 Å². The van der Waals surface area contributed by atoms with E-state index in [9.17, 15) is 9.90 Å². The van der Waals surface area contributed by atoms with Crippen molar-refractivity contribution < 1.29 is 9.90 Å². The van der Waals surface area contributed by atoms with E-state index in [-0.39, 0.29) is 12.6 Å². The first-order valence-corrected chi connectivity index (χ1v) is 11.1. The molecule has 1 heterocycles. The molecule has 2 amide bonds. The van der Waals surface area contributed by atoms with Crippen LogP contribution < -0.4 is 10.6 Å². The van der Waals surface area contributed by atoms with Crippen molar-refractivity contribution >= 4 is 34.8 Å². The lowest BCUT2D eigenvalue weighted by Crippen LogP contribution is -2.34. The third-order valence-corrected chi connectivity index (χ3v) is 5.39. The maximum absolute atomic E-state index is 12.2. The van der Waals surface area contributed by atoms with Gasteiger partial charge in [0.1, 0.15) is 0 Å². The number of carbonyl (C=O) groups excluding carboxylic acids is 1. The fourth-order valence-corrected chi connectivity index (χ4v) is 3.51. The first-order valence-electron chi connectivity index (χ1n) is 11.1. The third-order valence-electron chi connectivity index (χ3n) is 5.39. The fourth-order valence-electron chi connectivity index (χ4n) is 3.51. The molecule has 1 atom stereocenters. The summed E-state index contributed by atoms with van der Waals surface area (Å²) in [5.74, 6) is 0. The molecule has 5 nitrogen and oxygen atoms in total. The van der Waals surface area contributed by atoms with Crippen LogP contribution in [0.5, 0.6) is 0 Å². The molecule has 5 heteroatoms. The number of anilines is 1. The number of amides is 2. The number of hydrogen-bond donors (Lipinski definition) is 3. The second kappa shape index (κ2) is 10.6. The molecule has 0 aliphatic carbocycles. The highest BCUT2D eigenvalue weighted by atomic mass is 16.3. The molecule has 0 bridgehead atoms. The standard InChI is InChI=1S/C28H27N3O2/c1-2-24(32)19-29-28(33)30-23-14-16-26-22(17-23)18-25(21-11-7-4-8-12-21)27(31-26)15-13-20-9-5-3-6-10-20/h3-18,24,32H,2,19H2,1H3,(H2,29,30,33). The molecule has 33 heavy (non-hydrogen) atoms. The van der Waals surface area contributed by atoms with Crippen molar-refractivity contribution in [2.24, 2.45) is 0 Å². The second-order valence-electron chi connectivity index (χ2n) is 7.84. The molecule has 0 spiro atoms. The number of hydrogen-bond acceptors (Lipinski definition) is 3. The van der Waals surface area contributed by atoms with Gasteiger partial charge in [-0.25, -0.2) is 9.78 Å². The number of carbonyl (C=O) groups is 1. The minimum absolute atomic E-state index is 0.215. The topological polar surface area (TPSA) is 74.2 Å². The summed E-state index contributed by atoms with van der Waals surface area (Å²) in [4.78, 5) is 17.1. The van der Waals surface area contributed by atoms with Crippen LogP contribution in [-0.2, 0) is 0 Å². The Hall–Kier alpha value is -3.96. The van der Waals surface area contributed by atoms with E-state index in [0.717, 1.165) is 33.3 Å². The maximum Gasteiger partial charge on any atom is 0.319 e. The molecule has 4 rings (SSSR count). The molecule has 0 saturated carbocycles. The number of rotatable bonds is 7. The smallest absolute Gasteiger partial charge is 0.319 e. The van der Waals surface area contributed by atoms with Gasteiger partial charge in [-0.15, -0.1) is 0 Å². The number of fused-ring (bicyclic) bond motifs is 1. The van der Waals surface area contributed by atoms with Gasteiger partial charge in [0.25, 0.3) is 0 Å². The molecule has 4 aromatic rings. The molecule has 1 unspecified atom stereocenters. The van der Waals surface area contributed by atoms with Gasteiger partial charge >= 0.3 is 6.03 Å². The van der Waals surface area contributed by atoms with Crippen molar-refractivity contribution in [3.05, 3.63) is 96.2 Å². The highest BCUT2D eigenvalue weighted by Crippen LogP contribution is 2.29. The van der Waals surface area contributed by atoms with Crippen LogP contribution in [0.15, 0.2) is 84.9 Å². The lowest BCUT2D eigenvalue weighted by Gasteiger charge is -2.12. The van der Waals surface area contributed by atoms with Crippen LogP contribution in [0.4, 0.5) is 10.5 Å². The van der Waals surface area contributed by atoms with Crippen LogP contribution in [0.1, 0.15) is 24.6 Å². The first kappa shape index (κ1) is 22.2. The largest absolute Gasteiger partial charge is 0.391 e. The van der Waals surface area contributed by atoms with Gasteiger partial charge in [0.05, 0.1) is 17.3 Å². The quantitative estimate of drug-likeness (QED) is 0.334. The molecule has 1 aromatic heterocycles. The van der Waals surface area contributed by atoms with E-state index in [2.05, 4.69) is 47.0 Å². The van der Waals surface area contributed by atoms with Gasteiger partial charge in [-0.3, -0.25) is 0 Å². The van der Waals surface area contributed by atoms with E-state index in [1.165, 1.54) is 0 Å². The molecule has 3 N–H and O–H groups in total. The summed E-state index contributed by atoms with van der Waals surface area (Å²) in [6.07, 6.45) is 4.14. The third kappa shape index (κ3) is 5.84. The lowest BCUT2D eigenvalue weighted by molar-refractivity contribution is 0.168. The Bertz CT molecular complexity index is 1250. The number of nitrogens with one attached hydrogen (secondary N) is 2. The van der Waals surface area contributed by atoms with Crippen molar-refractivity contribution in [2.45, 2.75) is 19.4 Å². The Balaban J connectivity index is 1.66.